The third-order valence-electron chi connectivity index (χ3n) is 3.85. The van der Waals surface area contributed by atoms with Crippen LogP contribution in [0.25, 0.3) is 0 Å². The summed E-state index contributed by atoms with van der Waals surface area (Å²) < 4.78 is 0. The molecule has 108 valence electrons. The molecule has 0 unspecified atom stereocenters. The summed E-state index contributed by atoms with van der Waals surface area (Å²) in [5.41, 5.74) is 5.74. The van der Waals surface area contributed by atoms with Crippen LogP contribution in [0.2, 0.25) is 0 Å². The first-order valence-electron chi connectivity index (χ1n) is 7.34. The van der Waals surface area contributed by atoms with Crippen molar-refractivity contribution in [3.8, 4) is 0 Å². The Morgan fingerprint density at radius 1 is 1.14 bits per heavy atom. The molecule has 1 N–H and O–H groups in total. The average Bonchev–Trinajstić information content (AvgIpc) is 2.88. The summed E-state index contributed by atoms with van der Waals surface area (Å²) in [6.07, 6.45) is 0.950. The predicted octanol–water partition coefficient (Wildman–Crippen LogP) is 3.30. The highest BCUT2D eigenvalue weighted by Crippen LogP contribution is 2.27. The Kier molecular flexibility index (Phi) is 3.65. The molecule has 0 saturated carbocycles. The van der Waals surface area contributed by atoms with Crippen LogP contribution < -0.4 is 10.2 Å². The molecule has 2 aromatic rings. The monoisotopic (exact) mass is 280 g/mol. The Morgan fingerprint density at radius 2 is 1.86 bits per heavy atom. The van der Waals surface area contributed by atoms with E-state index in [0.29, 0.717) is 6.54 Å². The van der Waals surface area contributed by atoms with Crippen molar-refractivity contribution in [1.82, 2.24) is 0 Å². The van der Waals surface area contributed by atoms with Gasteiger partial charge in [0.05, 0.1) is 6.54 Å². The molecule has 1 amide bonds. The molecular weight excluding hydrogens is 260 g/mol. The van der Waals surface area contributed by atoms with E-state index in [1.807, 2.05) is 23.1 Å². The first-order chi connectivity index (χ1) is 10.1. The lowest BCUT2D eigenvalue weighted by Gasteiger charge is -2.18. The summed E-state index contributed by atoms with van der Waals surface area (Å²) in [6, 6.07) is 14.4. The maximum absolute atomic E-state index is 12.4. The van der Waals surface area contributed by atoms with Crippen molar-refractivity contribution < 1.29 is 4.79 Å². The van der Waals surface area contributed by atoms with Crippen molar-refractivity contribution in [2.45, 2.75) is 20.3 Å². The molecule has 3 rings (SSSR count). The summed E-state index contributed by atoms with van der Waals surface area (Å²) in [5, 5.41) is 3.24. The number of fused-ring (bicyclic) bond motifs is 1. The number of benzene rings is 2. The van der Waals surface area contributed by atoms with Gasteiger partial charge in [0, 0.05) is 17.9 Å². The van der Waals surface area contributed by atoms with E-state index >= 15 is 0 Å². The maximum atomic E-state index is 12.4. The SMILES string of the molecule is Cc1cc(C)cc(NCC(=O)N2CCc3ccccc32)c1. The van der Waals surface area contributed by atoms with Gasteiger partial charge in [0.25, 0.3) is 0 Å². The van der Waals surface area contributed by atoms with Gasteiger partial charge < -0.3 is 10.2 Å². The van der Waals surface area contributed by atoms with Crippen LogP contribution in [0, 0.1) is 13.8 Å². The van der Waals surface area contributed by atoms with Gasteiger partial charge in [-0.3, -0.25) is 4.79 Å². The van der Waals surface area contributed by atoms with Gasteiger partial charge in [0.1, 0.15) is 0 Å². The number of para-hydroxylation sites is 1. The smallest absolute Gasteiger partial charge is 0.246 e. The molecule has 0 radical (unpaired) electrons. The van der Waals surface area contributed by atoms with Crippen LogP contribution in [0.5, 0.6) is 0 Å². The van der Waals surface area contributed by atoms with E-state index in [1.54, 1.807) is 0 Å². The van der Waals surface area contributed by atoms with Gasteiger partial charge in [-0.1, -0.05) is 24.3 Å². The van der Waals surface area contributed by atoms with Crippen LogP contribution in [0.1, 0.15) is 16.7 Å². The lowest BCUT2D eigenvalue weighted by atomic mass is 10.1. The molecule has 0 aliphatic carbocycles. The van der Waals surface area contributed by atoms with Crippen molar-refractivity contribution in [1.29, 1.82) is 0 Å². The van der Waals surface area contributed by atoms with Crippen LogP contribution in [-0.2, 0) is 11.2 Å². The largest absolute Gasteiger partial charge is 0.376 e. The van der Waals surface area contributed by atoms with Gasteiger partial charge >= 0.3 is 0 Å². The van der Waals surface area contributed by atoms with Gasteiger partial charge in [-0.05, 0) is 55.2 Å². The highest BCUT2D eigenvalue weighted by molar-refractivity contribution is 5.98. The van der Waals surface area contributed by atoms with E-state index < -0.39 is 0 Å². The predicted molar refractivity (Wildman–Crippen MR) is 86.9 cm³/mol. The van der Waals surface area contributed by atoms with Crippen LogP contribution in [0.15, 0.2) is 42.5 Å². The van der Waals surface area contributed by atoms with Crippen molar-refractivity contribution in [2.75, 3.05) is 23.3 Å². The van der Waals surface area contributed by atoms with Crippen molar-refractivity contribution in [3.05, 3.63) is 59.2 Å². The zero-order chi connectivity index (χ0) is 14.8. The highest BCUT2D eigenvalue weighted by atomic mass is 16.2. The van der Waals surface area contributed by atoms with E-state index in [9.17, 15) is 4.79 Å². The van der Waals surface area contributed by atoms with E-state index in [-0.39, 0.29) is 5.91 Å². The number of aryl methyl sites for hydroxylation is 2. The lowest BCUT2D eigenvalue weighted by Crippen LogP contribution is -2.34. The third kappa shape index (κ3) is 2.92. The number of amides is 1. The molecule has 1 aliphatic rings. The van der Waals surface area contributed by atoms with Crippen molar-refractivity contribution in [3.63, 3.8) is 0 Å². The quantitative estimate of drug-likeness (QED) is 0.935. The molecule has 3 nitrogen and oxygen atoms in total. The zero-order valence-electron chi connectivity index (χ0n) is 12.5. The van der Waals surface area contributed by atoms with E-state index in [0.717, 1.165) is 24.3 Å². The fourth-order valence-electron chi connectivity index (χ4n) is 2.95. The third-order valence-corrected chi connectivity index (χ3v) is 3.85. The number of anilines is 2. The Morgan fingerprint density at radius 3 is 2.62 bits per heavy atom. The fourth-order valence-corrected chi connectivity index (χ4v) is 2.95. The Hall–Kier alpha value is -2.29. The molecule has 21 heavy (non-hydrogen) atoms. The van der Waals surface area contributed by atoms with Gasteiger partial charge in [0.2, 0.25) is 5.91 Å². The number of rotatable bonds is 3. The van der Waals surface area contributed by atoms with Crippen LogP contribution in [0.3, 0.4) is 0 Å². The van der Waals surface area contributed by atoms with Crippen molar-refractivity contribution >= 4 is 17.3 Å². The molecule has 0 atom stereocenters. The molecule has 0 aromatic heterocycles. The molecule has 2 aromatic carbocycles. The number of nitrogens with zero attached hydrogens (tertiary/aromatic N) is 1. The topological polar surface area (TPSA) is 32.3 Å². The standard InChI is InChI=1S/C18H20N2O/c1-13-9-14(2)11-16(10-13)19-12-18(21)20-8-7-15-5-3-4-6-17(15)20/h3-6,9-11,19H,7-8,12H2,1-2H3. The minimum Gasteiger partial charge on any atom is -0.376 e. The minimum absolute atomic E-state index is 0.124. The molecule has 0 spiro atoms. The summed E-state index contributed by atoms with van der Waals surface area (Å²) in [4.78, 5) is 14.3. The van der Waals surface area contributed by atoms with Gasteiger partial charge in [-0.15, -0.1) is 0 Å². The van der Waals surface area contributed by atoms with E-state index in [4.69, 9.17) is 0 Å². The number of hydrogen-bond donors (Lipinski definition) is 1. The number of carbonyl (C=O) groups is 1. The number of hydrogen-bond acceptors (Lipinski definition) is 2. The molecule has 1 heterocycles. The normalized spacial score (nSPS) is 13.1. The van der Waals surface area contributed by atoms with Crippen LogP contribution in [0.4, 0.5) is 11.4 Å². The summed E-state index contributed by atoms with van der Waals surface area (Å²) in [7, 11) is 0. The Balaban J connectivity index is 1.68. The van der Waals surface area contributed by atoms with E-state index in [2.05, 4.69) is 43.4 Å². The fraction of sp³-hybridized carbons (Fsp3) is 0.278. The molecule has 0 fully saturated rings. The van der Waals surface area contributed by atoms with Crippen LogP contribution in [-0.4, -0.2) is 19.0 Å². The van der Waals surface area contributed by atoms with E-state index in [1.165, 1.54) is 16.7 Å². The Labute approximate surface area is 125 Å². The van der Waals surface area contributed by atoms with Gasteiger partial charge in [0.15, 0.2) is 0 Å². The molecular formula is C18H20N2O. The van der Waals surface area contributed by atoms with Gasteiger partial charge in [-0.2, -0.15) is 0 Å². The van der Waals surface area contributed by atoms with Crippen LogP contribution >= 0.6 is 0 Å². The van der Waals surface area contributed by atoms with Crippen molar-refractivity contribution in [2.24, 2.45) is 0 Å². The first kappa shape index (κ1) is 13.7. The number of carbonyl (C=O) groups excluding carboxylic acids is 1. The number of nitrogens with one attached hydrogen (secondary N) is 1. The molecule has 0 saturated heterocycles. The molecule has 0 bridgehead atoms. The summed E-state index contributed by atoms with van der Waals surface area (Å²) in [5.74, 6) is 0.124. The summed E-state index contributed by atoms with van der Waals surface area (Å²) >= 11 is 0. The second-order valence-electron chi connectivity index (χ2n) is 5.65. The first-order valence-corrected chi connectivity index (χ1v) is 7.34. The highest BCUT2D eigenvalue weighted by Gasteiger charge is 2.23. The average molecular weight is 280 g/mol. The minimum atomic E-state index is 0.124. The Bertz CT molecular complexity index is 658. The molecule has 3 heteroatoms. The second kappa shape index (κ2) is 5.60. The second-order valence-corrected chi connectivity index (χ2v) is 5.65. The lowest BCUT2D eigenvalue weighted by molar-refractivity contribution is -0.116. The zero-order valence-corrected chi connectivity index (χ0v) is 12.5. The molecule has 1 aliphatic heterocycles. The van der Waals surface area contributed by atoms with Gasteiger partial charge in [-0.25, -0.2) is 0 Å². The summed E-state index contributed by atoms with van der Waals surface area (Å²) in [6.45, 7) is 5.25. The maximum Gasteiger partial charge on any atom is 0.246 e.